The molecule has 0 saturated heterocycles. The Morgan fingerprint density at radius 1 is 1.33 bits per heavy atom. The highest BCUT2D eigenvalue weighted by Gasteiger charge is 2.23. The summed E-state index contributed by atoms with van der Waals surface area (Å²) in [5.41, 5.74) is 4.64. The summed E-state index contributed by atoms with van der Waals surface area (Å²) in [5.74, 6) is 0. The van der Waals surface area contributed by atoms with Gasteiger partial charge in [-0.15, -0.1) is 0 Å². The van der Waals surface area contributed by atoms with Crippen LogP contribution in [0.2, 0.25) is 0 Å². The highest BCUT2D eigenvalue weighted by Crippen LogP contribution is 2.11. The van der Waals surface area contributed by atoms with Gasteiger partial charge in [0.2, 0.25) is 0 Å². The van der Waals surface area contributed by atoms with Gasteiger partial charge in [0.05, 0.1) is 6.61 Å². The first kappa shape index (κ1) is 11.9. The lowest BCUT2D eigenvalue weighted by Crippen LogP contribution is -2.42. The molecular formula is C9H21NO2. The van der Waals surface area contributed by atoms with E-state index in [9.17, 15) is 5.11 Å². The first-order valence-electron chi connectivity index (χ1n) is 4.68. The molecule has 0 saturated carbocycles. The van der Waals surface area contributed by atoms with Crippen LogP contribution in [0.3, 0.4) is 0 Å². The second kappa shape index (κ2) is 6.40. The zero-order valence-corrected chi connectivity index (χ0v) is 8.18. The molecule has 74 valence electrons. The summed E-state index contributed by atoms with van der Waals surface area (Å²) in [6.07, 6.45) is 2.63. The quantitative estimate of drug-likeness (QED) is 0.565. The fourth-order valence-electron chi connectivity index (χ4n) is 1.11. The lowest BCUT2D eigenvalue weighted by molar-refractivity contribution is -0.0454. The molecule has 0 aliphatic rings. The van der Waals surface area contributed by atoms with E-state index in [0.717, 1.165) is 12.8 Å². The van der Waals surface area contributed by atoms with E-state index in [2.05, 4.69) is 0 Å². The lowest BCUT2D eigenvalue weighted by atomic mass is 10.00. The minimum atomic E-state index is -0.802. The Bertz CT molecular complexity index is 109. The third-order valence-corrected chi connectivity index (χ3v) is 1.81. The summed E-state index contributed by atoms with van der Waals surface area (Å²) in [4.78, 5) is 0. The minimum Gasteiger partial charge on any atom is -0.386 e. The molecule has 0 amide bonds. The van der Waals surface area contributed by atoms with Crippen molar-refractivity contribution in [2.75, 3.05) is 19.8 Å². The molecule has 0 radical (unpaired) electrons. The second-order valence-electron chi connectivity index (χ2n) is 3.23. The molecular weight excluding hydrogens is 154 g/mol. The summed E-state index contributed by atoms with van der Waals surface area (Å²) in [7, 11) is 0. The van der Waals surface area contributed by atoms with E-state index < -0.39 is 5.60 Å². The maximum atomic E-state index is 9.80. The molecule has 1 unspecified atom stereocenters. The van der Waals surface area contributed by atoms with Crippen LogP contribution in [0.1, 0.15) is 33.1 Å². The van der Waals surface area contributed by atoms with Gasteiger partial charge in [-0.1, -0.05) is 20.3 Å². The molecule has 3 N–H and O–H groups in total. The number of hydrogen-bond donors (Lipinski definition) is 2. The van der Waals surface area contributed by atoms with Crippen molar-refractivity contribution in [1.82, 2.24) is 0 Å². The number of rotatable bonds is 7. The van der Waals surface area contributed by atoms with Gasteiger partial charge in [0.15, 0.2) is 0 Å². The third kappa shape index (κ3) is 4.70. The van der Waals surface area contributed by atoms with Crippen molar-refractivity contribution in [2.45, 2.75) is 38.7 Å². The van der Waals surface area contributed by atoms with Crippen LogP contribution in [0.4, 0.5) is 0 Å². The Morgan fingerprint density at radius 2 is 2.00 bits per heavy atom. The average Bonchev–Trinajstić information content (AvgIpc) is 2.06. The topological polar surface area (TPSA) is 55.5 Å². The number of hydrogen-bond acceptors (Lipinski definition) is 3. The maximum absolute atomic E-state index is 9.80. The van der Waals surface area contributed by atoms with E-state index in [1.54, 1.807) is 0 Å². The van der Waals surface area contributed by atoms with E-state index >= 15 is 0 Å². The molecule has 1 atom stereocenters. The van der Waals surface area contributed by atoms with Gasteiger partial charge in [-0.2, -0.15) is 0 Å². The van der Waals surface area contributed by atoms with Crippen molar-refractivity contribution < 1.29 is 9.84 Å². The molecule has 12 heavy (non-hydrogen) atoms. The summed E-state index contributed by atoms with van der Waals surface area (Å²) in [5, 5.41) is 9.80. The van der Waals surface area contributed by atoms with Gasteiger partial charge in [-0.05, 0) is 12.8 Å². The Balaban J connectivity index is 3.63. The first-order valence-corrected chi connectivity index (χ1v) is 4.68. The van der Waals surface area contributed by atoms with Crippen LogP contribution < -0.4 is 5.73 Å². The molecule has 0 heterocycles. The molecule has 0 aromatic heterocycles. The fraction of sp³-hybridized carbons (Fsp3) is 1.00. The normalized spacial score (nSPS) is 16.0. The van der Waals surface area contributed by atoms with Gasteiger partial charge in [-0.25, -0.2) is 0 Å². The number of aliphatic hydroxyl groups is 1. The van der Waals surface area contributed by atoms with Gasteiger partial charge in [0, 0.05) is 13.2 Å². The van der Waals surface area contributed by atoms with Crippen molar-refractivity contribution in [3.8, 4) is 0 Å². The van der Waals surface area contributed by atoms with Gasteiger partial charge in [-0.3, -0.25) is 0 Å². The molecule has 0 fully saturated rings. The van der Waals surface area contributed by atoms with Crippen molar-refractivity contribution in [3.63, 3.8) is 0 Å². The Kier molecular flexibility index (Phi) is 6.34. The largest absolute Gasteiger partial charge is 0.386 e. The van der Waals surface area contributed by atoms with Gasteiger partial charge < -0.3 is 15.6 Å². The van der Waals surface area contributed by atoms with Crippen molar-refractivity contribution in [3.05, 3.63) is 0 Å². The van der Waals surface area contributed by atoms with E-state index in [0.29, 0.717) is 19.6 Å². The molecule has 0 aromatic carbocycles. The molecule has 0 aromatic rings. The Morgan fingerprint density at radius 3 is 2.42 bits per heavy atom. The van der Waals surface area contributed by atoms with Crippen LogP contribution in [-0.2, 0) is 4.74 Å². The SMILES string of the molecule is CCCOCC(O)(CN)CCC. The second-order valence-corrected chi connectivity index (χ2v) is 3.23. The number of ether oxygens (including phenoxy) is 1. The van der Waals surface area contributed by atoms with Gasteiger partial charge in [0.25, 0.3) is 0 Å². The molecule has 0 spiro atoms. The van der Waals surface area contributed by atoms with Crippen LogP contribution in [0, 0.1) is 0 Å². The standard InChI is InChI=1S/C9H21NO2/c1-3-5-9(11,7-10)8-12-6-4-2/h11H,3-8,10H2,1-2H3. The predicted molar refractivity (Wildman–Crippen MR) is 50.0 cm³/mol. The zero-order chi connectivity index (χ0) is 9.45. The Hall–Kier alpha value is -0.120. The molecule has 3 nitrogen and oxygen atoms in total. The van der Waals surface area contributed by atoms with Crippen molar-refractivity contribution >= 4 is 0 Å². The van der Waals surface area contributed by atoms with Crippen LogP contribution >= 0.6 is 0 Å². The monoisotopic (exact) mass is 175 g/mol. The third-order valence-electron chi connectivity index (χ3n) is 1.81. The first-order chi connectivity index (χ1) is 5.68. The molecule has 3 heteroatoms. The summed E-state index contributed by atoms with van der Waals surface area (Å²) in [6, 6.07) is 0. The molecule has 0 aliphatic carbocycles. The van der Waals surface area contributed by atoms with Crippen LogP contribution in [-0.4, -0.2) is 30.5 Å². The number of nitrogens with two attached hydrogens (primary N) is 1. The highest BCUT2D eigenvalue weighted by atomic mass is 16.5. The zero-order valence-electron chi connectivity index (χ0n) is 8.18. The van der Waals surface area contributed by atoms with E-state index in [4.69, 9.17) is 10.5 Å². The summed E-state index contributed by atoms with van der Waals surface area (Å²) in [6.45, 7) is 5.42. The van der Waals surface area contributed by atoms with Crippen LogP contribution in [0.15, 0.2) is 0 Å². The fourth-order valence-corrected chi connectivity index (χ4v) is 1.11. The van der Waals surface area contributed by atoms with Crippen molar-refractivity contribution in [2.24, 2.45) is 5.73 Å². The average molecular weight is 175 g/mol. The van der Waals surface area contributed by atoms with E-state index in [1.807, 2.05) is 13.8 Å². The van der Waals surface area contributed by atoms with Crippen LogP contribution in [0.5, 0.6) is 0 Å². The molecule has 0 aliphatic heterocycles. The molecule has 0 bridgehead atoms. The summed E-state index contributed by atoms with van der Waals surface area (Å²) < 4.78 is 5.26. The van der Waals surface area contributed by atoms with Crippen molar-refractivity contribution in [1.29, 1.82) is 0 Å². The molecule has 0 rings (SSSR count). The highest BCUT2D eigenvalue weighted by molar-refractivity contribution is 4.78. The van der Waals surface area contributed by atoms with Gasteiger partial charge >= 0.3 is 0 Å². The van der Waals surface area contributed by atoms with Gasteiger partial charge in [0.1, 0.15) is 5.60 Å². The summed E-state index contributed by atoms with van der Waals surface area (Å²) >= 11 is 0. The Labute approximate surface area is 74.9 Å². The lowest BCUT2D eigenvalue weighted by Gasteiger charge is -2.25. The predicted octanol–water partition coefficient (Wildman–Crippen LogP) is 0.903. The van der Waals surface area contributed by atoms with E-state index in [1.165, 1.54) is 0 Å². The minimum absolute atomic E-state index is 0.282. The maximum Gasteiger partial charge on any atom is 0.100 e. The smallest absolute Gasteiger partial charge is 0.100 e. The van der Waals surface area contributed by atoms with E-state index in [-0.39, 0.29) is 6.54 Å². The van der Waals surface area contributed by atoms with Crippen LogP contribution in [0.25, 0.3) is 0 Å².